The van der Waals surface area contributed by atoms with Crippen LogP contribution in [0.1, 0.15) is 29.3 Å². The van der Waals surface area contributed by atoms with Crippen molar-refractivity contribution < 1.29 is 23.8 Å². The maximum absolute atomic E-state index is 12.0. The van der Waals surface area contributed by atoms with Crippen LogP contribution in [0.3, 0.4) is 0 Å². The summed E-state index contributed by atoms with van der Waals surface area (Å²) in [5, 5.41) is 0. The lowest BCUT2D eigenvalue weighted by Crippen LogP contribution is -2.26. The second kappa shape index (κ2) is 6.42. The second-order valence-corrected chi connectivity index (χ2v) is 4.81. The lowest BCUT2D eigenvalue weighted by molar-refractivity contribution is -0.169. The van der Waals surface area contributed by atoms with E-state index in [9.17, 15) is 9.59 Å². The molecule has 0 spiro atoms. The molecule has 1 heterocycles. The Labute approximate surface area is 123 Å². The van der Waals surface area contributed by atoms with Gasteiger partial charge < -0.3 is 14.2 Å². The fourth-order valence-electron chi connectivity index (χ4n) is 2.03. The van der Waals surface area contributed by atoms with Gasteiger partial charge in [0.1, 0.15) is 6.10 Å². The van der Waals surface area contributed by atoms with Gasteiger partial charge in [-0.05, 0) is 19.1 Å². The summed E-state index contributed by atoms with van der Waals surface area (Å²) in [6, 6.07) is 7.01. The third kappa shape index (κ3) is 3.83. The van der Waals surface area contributed by atoms with Crippen molar-refractivity contribution in [3.63, 3.8) is 0 Å². The minimum Gasteiger partial charge on any atom is -0.455 e. The Hall–Kier alpha value is -2.32. The Morgan fingerprint density at radius 2 is 1.95 bits per heavy atom. The average molecular weight is 288 g/mol. The topological polar surface area (TPSA) is 61.8 Å². The Morgan fingerprint density at radius 3 is 2.52 bits per heavy atom. The first kappa shape index (κ1) is 15.1. The van der Waals surface area contributed by atoms with Crippen LogP contribution in [0.2, 0.25) is 0 Å². The van der Waals surface area contributed by atoms with Gasteiger partial charge in [0.25, 0.3) is 0 Å². The van der Waals surface area contributed by atoms with E-state index in [1.54, 1.807) is 12.1 Å². The summed E-state index contributed by atoms with van der Waals surface area (Å²) in [5.74, 6) is 1.44. The van der Waals surface area contributed by atoms with Gasteiger partial charge in [0.05, 0.1) is 12.0 Å². The van der Waals surface area contributed by atoms with E-state index in [0.29, 0.717) is 5.56 Å². The molecule has 0 amide bonds. The van der Waals surface area contributed by atoms with Crippen LogP contribution in [0.25, 0.3) is 0 Å². The molecule has 0 N–H and O–H groups in total. The van der Waals surface area contributed by atoms with Gasteiger partial charge in [0.15, 0.2) is 6.10 Å². The molecule has 1 fully saturated rings. The molecule has 0 aromatic heterocycles. The monoisotopic (exact) mass is 288 g/mol. The van der Waals surface area contributed by atoms with Gasteiger partial charge in [0.2, 0.25) is 6.29 Å². The summed E-state index contributed by atoms with van der Waals surface area (Å²) in [4.78, 5) is 23.0. The van der Waals surface area contributed by atoms with Crippen molar-refractivity contribution in [2.45, 2.75) is 38.8 Å². The number of carbonyl (C=O) groups is 2. The van der Waals surface area contributed by atoms with Crippen molar-refractivity contribution in [3.8, 4) is 12.3 Å². The van der Waals surface area contributed by atoms with Gasteiger partial charge in [-0.25, -0.2) is 4.79 Å². The van der Waals surface area contributed by atoms with Gasteiger partial charge in [-0.2, -0.15) is 0 Å². The molecule has 21 heavy (non-hydrogen) atoms. The molecule has 110 valence electrons. The third-order valence-electron chi connectivity index (χ3n) is 3.07. The van der Waals surface area contributed by atoms with Crippen LogP contribution in [0.5, 0.6) is 0 Å². The standard InChI is InChI=1S/C16H16O5/c1-4-13-14(9-15(20-13)19-11(3)17)21-16(18)12-7-5-10(2)6-8-12/h1,5-8,13-15H,9H2,2-3H3/t13-,14+,15?/m1/s1. The summed E-state index contributed by atoms with van der Waals surface area (Å²) < 4.78 is 15.6. The maximum atomic E-state index is 12.0. The largest absolute Gasteiger partial charge is 0.455 e. The maximum Gasteiger partial charge on any atom is 0.338 e. The van der Waals surface area contributed by atoms with E-state index in [2.05, 4.69) is 5.92 Å². The van der Waals surface area contributed by atoms with Crippen LogP contribution in [-0.2, 0) is 19.0 Å². The van der Waals surface area contributed by atoms with E-state index in [1.165, 1.54) is 6.92 Å². The number of ether oxygens (including phenoxy) is 3. The second-order valence-electron chi connectivity index (χ2n) is 4.81. The zero-order valence-corrected chi connectivity index (χ0v) is 11.9. The highest BCUT2D eigenvalue weighted by Gasteiger charge is 2.38. The Bertz CT molecular complexity index is 569. The van der Waals surface area contributed by atoms with Crippen molar-refractivity contribution >= 4 is 11.9 Å². The number of benzene rings is 1. The zero-order valence-electron chi connectivity index (χ0n) is 11.9. The number of hydrogen-bond acceptors (Lipinski definition) is 5. The molecule has 1 saturated heterocycles. The zero-order chi connectivity index (χ0) is 15.4. The number of rotatable bonds is 3. The average Bonchev–Trinajstić information content (AvgIpc) is 2.80. The first-order chi connectivity index (χ1) is 9.99. The van der Waals surface area contributed by atoms with E-state index < -0.39 is 30.4 Å². The molecule has 1 aromatic rings. The van der Waals surface area contributed by atoms with E-state index in [0.717, 1.165) is 5.56 Å². The molecule has 5 heteroatoms. The molecule has 0 saturated carbocycles. The van der Waals surface area contributed by atoms with Crippen LogP contribution >= 0.6 is 0 Å². The van der Waals surface area contributed by atoms with E-state index in [-0.39, 0.29) is 6.42 Å². The summed E-state index contributed by atoms with van der Waals surface area (Å²) in [5.41, 5.74) is 1.49. The summed E-state index contributed by atoms with van der Waals surface area (Å²) >= 11 is 0. The summed E-state index contributed by atoms with van der Waals surface area (Å²) in [7, 11) is 0. The molecule has 3 atom stereocenters. The minimum absolute atomic E-state index is 0.228. The van der Waals surface area contributed by atoms with Gasteiger partial charge in [-0.15, -0.1) is 6.42 Å². The van der Waals surface area contributed by atoms with Gasteiger partial charge in [0, 0.05) is 6.92 Å². The predicted molar refractivity (Wildman–Crippen MR) is 74.3 cm³/mol. The fourth-order valence-corrected chi connectivity index (χ4v) is 2.03. The molecule has 1 aliphatic heterocycles. The van der Waals surface area contributed by atoms with Crippen molar-refractivity contribution in [3.05, 3.63) is 35.4 Å². The fraction of sp³-hybridized carbons (Fsp3) is 0.375. The molecular weight excluding hydrogens is 272 g/mol. The summed E-state index contributed by atoms with van der Waals surface area (Å²) in [6.45, 7) is 3.21. The molecule has 5 nitrogen and oxygen atoms in total. The number of esters is 2. The van der Waals surface area contributed by atoms with E-state index >= 15 is 0 Å². The molecule has 0 aliphatic carbocycles. The van der Waals surface area contributed by atoms with Crippen LogP contribution in [0.15, 0.2) is 24.3 Å². The molecule has 0 radical (unpaired) electrons. The Morgan fingerprint density at radius 1 is 1.29 bits per heavy atom. The molecule has 1 unspecified atom stereocenters. The number of carbonyl (C=O) groups excluding carboxylic acids is 2. The SMILES string of the molecule is C#C[C@H]1OC(OC(C)=O)C[C@@H]1OC(=O)c1ccc(C)cc1. The minimum atomic E-state index is -0.778. The predicted octanol–water partition coefficient (Wildman–Crippen LogP) is 1.83. The highest BCUT2D eigenvalue weighted by Crippen LogP contribution is 2.25. The van der Waals surface area contributed by atoms with Crippen LogP contribution in [0, 0.1) is 19.3 Å². The van der Waals surface area contributed by atoms with Crippen molar-refractivity contribution in [2.24, 2.45) is 0 Å². The highest BCUT2D eigenvalue weighted by molar-refractivity contribution is 5.89. The van der Waals surface area contributed by atoms with Crippen LogP contribution < -0.4 is 0 Å². The smallest absolute Gasteiger partial charge is 0.338 e. The van der Waals surface area contributed by atoms with Crippen molar-refractivity contribution in [2.75, 3.05) is 0 Å². The van der Waals surface area contributed by atoms with Gasteiger partial charge in [-0.3, -0.25) is 4.79 Å². The first-order valence-electron chi connectivity index (χ1n) is 6.56. The molecule has 1 aromatic carbocycles. The third-order valence-corrected chi connectivity index (χ3v) is 3.07. The number of hydrogen-bond donors (Lipinski definition) is 0. The normalized spacial score (nSPS) is 24.1. The quantitative estimate of drug-likeness (QED) is 0.627. The first-order valence-corrected chi connectivity index (χ1v) is 6.56. The number of terminal acetylenes is 1. The molecule has 1 aliphatic rings. The molecular formula is C16H16O5. The van der Waals surface area contributed by atoms with Crippen molar-refractivity contribution in [1.29, 1.82) is 0 Å². The Balaban J connectivity index is 2.01. The highest BCUT2D eigenvalue weighted by atomic mass is 16.7. The lowest BCUT2D eigenvalue weighted by Gasteiger charge is -2.13. The molecule has 2 rings (SSSR count). The number of aryl methyl sites for hydroxylation is 1. The van der Waals surface area contributed by atoms with Gasteiger partial charge in [-0.1, -0.05) is 23.6 Å². The summed E-state index contributed by atoms with van der Waals surface area (Å²) in [6.07, 6.45) is 3.44. The van der Waals surface area contributed by atoms with Gasteiger partial charge >= 0.3 is 11.9 Å². The van der Waals surface area contributed by atoms with Crippen LogP contribution in [-0.4, -0.2) is 30.4 Å². The van der Waals surface area contributed by atoms with Crippen LogP contribution in [0.4, 0.5) is 0 Å². The Kier molecular flexibility index (Phi) is 4.61. The lowest BCUT2D eigenvalue weighted by atomic mass is 10.1. The van der Waals surface area contributed by atoms with Crippen molar-refractivity contribution in [1.82, 2.24) is 0 Å². The molecule has 0 bridgehead atoms. The van der Waals surface area contributed by atoms with E-state index in [1.807, 2.05) is 19.1 Å². The van der Waals surface area contributed by atoms with E-state index in [4.69, 9.17) is 20.6 Å².